The lowest BCUT2D eigenvalue weighted by atomic mass is 10.00. The molecule has 0 aliphatic carbocycles. The summed E-state index contributed by atoms with van der Waals surface area (Å²) < 4.78 is 1.08. The third kappa shape index (κ3) is 3.31. The van der Waals surface area contributed by atoms with Gasteiger partial charge in [0, 0.05) is 22.9 Å². The van der Waals surface area contributed by atoms with Gasteiger partial charge in [-0.05, 0) is 42.8 Å². The van der Waals surface area contributed by atoms with Crippen LogP contribution >= 0.6 is 27.5 Å². The monoisotopic (exact) mass is 324 g/mol. The van der Waals surface area contributed by atoms with Crippen LogP contribution in [-0.2, 0) is 6.42 Å². The topological polar surface area (TPSA) is 24.9 Å². The van der Waals surface area contributed by atoms with Crippen LogP contribution in [0.15, 0.2) is 47.2 Å². The summed E-state index contributed by atoms with van der Waals surface area (Å²) in [5.74, 6) is 0. The zero-order valence-corrected chi connectivity index (χ0v) is 12.4. The number of benzene rings is 1. The zero-order chi connectivity index (χ0) is 13.0. The molecular formula is C14H14BrClN2. The third-order valence-corrected chi connectivity index (χ3v) is 3.71. The number of hydrogen-bond donors (Lipinski definition) is 1. The molecule has 0 aliphatic heterocycles. The second-order valence-electron chi connectivity index (χ2n) is 4.07. The minimum atomic E-state index is 0.238. The van der Waals surface area contributed by atoms with Crippen molar-refractivity contribution < 1.29 is 0 Å². The second-order valence-corrected chi connectivity index (χ2v) is 5.39. The van der Waals surface area contributed by atoms with Crippen LogP contribution in [0.3, 0.4) is 0 Å². The quantitative estimate of drug-likeness (QED) is 0.919. The Labute approximate surface area is 121 Å². The molecule has 1 atom stereocenters. The average Bonchev–Trinajstić information content (AvgIpc) is 2.38. The molecule has 1 aromatic heterocycles. The molecule has 0 radical (unpaired) electrons. The average molecular weight is 326 g/mol. The fourth-order valence-corrected chi connectivity index (χ4v) is 2.51. The van der Waals surface area contributed by atoms with Gasteiger partial charge in [-0.2, -0.15) is 0 Å². The van der Waals surface area contributed by atoms with E-state index in [0.717, 1.165) is 16.5 Å². The van der Waals surface area contributed by atoms with Gasteiger partial charge >= 0.3 is 0 Å². The molecule has 0 saturated heterocycles. The number of pyridine rings is 1. The summed E-state index contributed by atoms with van der Waals surface area (Å²) in [6.45, 7) is 0. The summed E-state index contributed by atoms with van der Waals surface area (Å²) in [5.41, 5.74) is 2.34. The van der Waals surface area contributed by atoms with Crippen molar-refractivity contribution in [1.29, 1.82) is 0 Å². The number of nitrogens with one attached hydrogen (secondary N) is 1. The minimum Gasteiger partial charge on any atom is -0.313 e. The SMILES string of the molecule is CNC(Cc1ccncc1Cl)c1cccc(Br)c1. The number of likely N-dealkylation sites (N-methyl/N-ethyl adjacent to an activating group) is 1. The van der Waals surface area contributed by atoms with Crippen LogP contribution in [0.1, 0.15) is 17.2 Å². The molecule has 0 spiro atoms. The molecule has 2 aromatic rings. The van der Waals surface area contributed by atoms with Gasteiger partial charge < -0.3 is 5.32 Å². The van der Waals surface area contributed by atoms with Crippen molar-refractivity contribution >= 4 is 27.5 Å². The lowest BCUT2D eigenvalue weighted by molar-refractivity contribution is 0.591. The van der Waals surface area contributed by atoms with Crippen LogP contribution in [0.5, 0.6) is 0 Å². The van der Waals surface area contributed by atoms with Crippen molar-refractivity contribution in [3.8, 4) is 0 Å². The van der Waals surface area contributed by atoms with Crippen molar-refractivity contribution in [2.75, 3.05) is 7.05 Å². The maximum absolute atomic E-state index is 6.14. The van der Waals surface area contributed by atoms with E-state index in [1.807, 2.05) is 25.2 Å². The van der Waals surface area contributed by atoms with Gasteiger partial charge in [0.2, 0.25) is 0 Å². The summed E-state index contributed by atoms with van der Waals surface area (Å²) in [7, 11) is 1.96. The normalized spacial score (nSPS) is 12.4. The predicted molar refractivity (Wildman–Crippen MR) is 78.9 cm³/mol. The molecule has 0 fully saturated rings. The largest absolute Gasteiger partial charge is 0.313 e. The Balaban J connectivity index is 2.23. The van der Waals surface area contributed by atoms with E-state index < -0.39 is 0 Å². The summed E-state index contributed by atoms with van der Waals surface area (Å²) in [4.78, 5) is 4.01. The summed E-state index contributed by atoms with van der Waals surface area (Å²) in [6.07, 6.45) is 4.30. The minimum absolute atomic E-state index is 0.238. The summed E-state index contributed by atoms with van der Waals surface area (Å²) >= 11 is 9.64. The summed E-state index contributed by atoms with van der Waals surface area (Å²) in [6, 6.07) is 10.5. The molecule has 0 aliphatic rings. The van der Waals surface area contributed by atoms with E-state index >= 15 is 0 Å². The first kappa shape index (κ1) is 13.5. The molecule has 4 heteroatoms. The maximum atomic E-state index is 6.14. The van der Waals surface area contributed by atoms with Crippen LogP contribution < -0.4 is 5.32 Å². The van der Waals surface area contributed by atoms with Gasteiger partial charge in [-0.25, -0.2) is 0 Å². The summed E-state index contributed by atoms with van der Waals surface area (Å²) in [5, 5.41) is 4.04. The fraction of sp³-hybridized carbons (Fsp3) is 0.214. The van der Waals surface area contributed by atoms with Crippen LogP contribution in [-0.4, -0.2) is 12.0 Å². The Morgan fingerprint density at radius 2 is 2.22 bits per heavy atom. The Kier molecular flexibility index (Phi) is 4.75. The first-order valence-electron chi connectivity index (χ1n) is 5.72. The molecule has 1 aromatic carbocycles. The van der Waals surface area contributed by atoms with Crippen LogP contribution in [0, 0.1) is 0 Å². The smallest absolute Gasteiger partial charge is 0.0622 e. The highest BCUT2D eigenvalue weighted by atomic mass is 79.9. The standard InChI is InChI=1S/C14H14BrClN2/c1-17-14(11-3-2-4-12(15)7-11)8-10-5-6-18-9-13(10)16/h2-7,9,14,17H,8H2,1H3. The Morgan fingerprint density at radius 3 is 2.89 bits per heavy atom. The molecule has 1 heterocycles. The van der Waals surface area contributed by atoms with E-state index in [-0.39, 0.29) is 6.04 Å². The molecule has 1 unspecified atom stereocenters. The van der Waals surface area contributed by atoms with Crippen molar-refractivity contribution in [3.05, 3.63) is 63.3 Å². The Morgan fingerprint density at radius 1 is 1.39 bits per heavy atom. The highest BCUT2D eigenvalue weighted by Crippen LogP contribution is 2.24. The van der Waals surface area contributed by atoms with E-state index in [1.165, 1.54) is 5.56 Å². The van der Waals surface area contributed by atoms with Crippen LogP contribution in [0.2, 0.25) is 5.02 Å². The van der Waals surface area contributed by atoms with E-state index in [4.69, 9.17) is 11.6 Å². The lowest BCUT2D eigenvalue weighted by Crippen LogP contribution is -2.19. The van der Waals surface area contributed by atoms with Crippen molar-refractivity contribution in [1.82, 2.24) is 10.3 Å². The first-order valence-corrected chi connectivity index (χ1v) is 6.89. The highest BCUT2D eigenvalue weighted by Gasteiger charge is 2.12. The van der Waals surface area contributed by atoms with Crippen LogP contribution in [0.4, 0.5) is 0 Å². The van der Waals surface area contributed by atoms with Crippen molar-refractivity contribution in [2.24, 2.45) is 0 Å². The highest BCUT2D eigenvalue weighted by molar-refractivity contribution is 9.10. The number of nitrogens with zero attached hydrogens (tertiary/aromatic N) is 1. The van der Waals surface area contributed by atoms with Gasteiger partial charge in [-0.15, -0.1) is 0 Å². The Hall–Kier alpha value is -0.900. The van der Waals surface area contributed by atoms with E-state index in [0.29, 0.717) is 5.02 Å². The number of aromatic nitrogens is 1. The first-order chi connectivity index (χ1) is 8.70. The van der Waals surface area contributed by atoms with Gasteiger partial charge in [0.05, 0.1) is 5.02 Å². The van der Waals surface area contributed by atoms with Gasteiger partial charge in [-0.1, -0.05) is 39.7 Å². The molecule has 18 heavy (non-hydrogen) atoms. The van der Waals surface area contributed by atoms with E-state index in [1.54, 1.807) is 12.4 Å². The number of hydrogen-bond acceptors (Lipinski definition) is 2. The van der Waals surface area contributed by atoms with Gasteiger partial charge in [0.15, 0.2) is 0 Å². The van der Waals surface area contributed by atoms with E-state index in [9.17, 15) is 0 Å². The molecule has 94 valence electrons. The van der Waals surface area contributed by atoms with Crippen molar-refractivity contribution in [3.63, 3.8) is 0 Å². The molecule has 2 nitrogen and oxygen atoms in total. The van der Waals surface area contributed by atoms with Gasteiger partial charge in [0.1, 0.15) is 0 Å². The second kappa shape index (κ2) is 6.32. The molecule has 1 N–H and O–H groups in total. The van der Waals surface area contributed by atoms with Gasteiger partial charge in [-0.3, -0.25) is 4.98 Å². The Bertz CT molecular complexity index is 531. The van der Waals surface area contributed by atoms with Gasteiger partial charge in [0.25, 0.3) is 0 Å². The van der Waals surface area contributed by atoms with Crippen molar-refractivity contribution in [2.45, 2.75) is 12.5 Å². The lowest BCUT2D eigenvalue weighted by Gasteiger charge is -2.17. The zero-order valence-electron chi connectivity index (χ0n) is 10.0. The molecule has 0 amide bonds. The van der Waals surface area contributed by atoms with Crippen LogP contribution in [0.25, 0.3) is 0 Å². The number of rotatable bonds is 4. The third-order valence-electron chi connectivity index (χ3n) is 2.88. The molecular weight excluding hydrogens is 312 g/mol. The molecule has 0 bridgehead atoms. The molecule has 2 rings (SSSR count). The maximum Gasteiger partial charge on any atom is 0.0622 e. The number of halogens is 2. The fourth-order valence-electron chi connectivity index (χ4n) is 1.90. The van der Waals surface area contributed by atoms with E-state index in [2.05, 4.69) is 38.4 Å². The predicted octanol–water partition coefficient (Wildman–Crippen LogP) is 4.00. The molecule has 0 saturated carbocycles.